The number of rotatable bonds is 3. The van der Waals surface area contributed by atoms with E-state index in [0.29, 0.717) is 16.9 Å². The van der Waals surface area contributed by atoms with E-state index in [1.54, 1.807) is 31.4 Å². The van der Waals surface area contributed by atoms with Crippen LogP contribution in [0.4, 0.5) is 4.39 Å². The lowest BCUT2D eigenvalue weighted by Crippen LogP contribution is -1.97. The van der Waals surface area contributed by atoms with Gasteiger partial charge in [-0.3, -0.25) is 0 Å². The Bertz CT molecular complexity index is 756. The van der Waals surface area contributed by atoms with E-state index < -0.39 is 5.97 Å². The lowest BCUT2D eigenvalue weighted by atomic mass is 10.1. The molecule has 3 rings (SSSR count). The fourth-order valence-electron chi connectivity index (χ4n) is 2.13. The van der Waals surface area contributed by atoms with Crippen LogP contribution in [-0.4, -0.2) is 13.1 Å². The van der Waals surface area contributed by atoms with Gasteiger partial charge in [0.05, 0.1) is 12.7 Å². The zero-order chi connectivity index (χ0) is 15.5. The topological polar surface area (TPSA) is 35.5 Å². The number of cyclic esters (lactones) is 1. The molecule has 0 aliphatic carbocycles. The van der Waals surface area contributed by atoms with Gasteiger partial charge in [-0.05, 0) is 54.1 Å². The number of carbonyl (C=O) groups is 1. The lowest BCUT2D eigenvalue weighted by molar-refractivity contribution is -0.130. The Morgan fingerprint density at radius 2 is 1.73 bits per heavy atom. The van der Waals surface area contributed by atoms with Crippen LogP contribution in [0.2, 0.25) is 0 Å². The van der Waals surface area contributed by atoms with Gasteiger partial charge in [0.1, 0.15) is 17.3 Å². The first-order chi connectivity index (χ1) is 10.7. The molecule has 0 N–H and O–H groups in total. The minimum atomic E-state index is -0.421. The second kappa shape index (κ2) is 5.85. The fraction of sp³-hybridized carbons (Fsp3) is 0.0556. The van der Waals surface area contributed by atoms with Crippen molar-refractivity contribution in [2.75, 3.05) is 7.11 Å². The molecule has 2 aromatic carbocycles. The monoisotopic (exact) mass is 296 g/mol. The van der Waals surface area contributed by atoms with E-state index >= 15 is 0 Å². The van der Waals surface area contributed by atoms with E-state index in [1.165, 1.54) is 12.1 Å². The van der Waals surface area contributed by atoms with Crippen LogP contribution in [0.25, 0.3) is 11.8 Å². The molecule has 0 bridgehead atoms. The molecule has 2 aromatic rings. The summed E-state index contributed by atoms with van der Waals surface area (Å²) in [4.78, 5) is 11.9. The summed E-state index contributed by atoms with van der Waals surface area (Å²) >= 11 is 0. The molecule has 0 amide bonds. The number of benzene rings is 2. The Kier molecular flexibility index (Phi) is 3.74. The van der Waals surface area contributed by atoms with Crippen molar-refractivity contribution in [3.63, 3.8) is 0 Å². The summed E-state index contributed by atoms with van der Waals surface area (Å²) in [6, 6.07) is 13.1. The van der Waals surface area contributed by atoms with Crippen LogP contribution in [0, 0.1) is 5.82 Å². The standard InChI is InChI=1S/C18H13FO3/c1-21-16-8-2-12(3-9-16)10-14-11-17(22-18(14)20)13-4-6-15(19)7-5-13/h2-11H,1H3/b14-10-. The summed E-state index contributed by atoms with van der Waals surface area (Å²) in [6.07, 6.45) is 3.39. The summed E-state index contributed by atoms with van der Waals surface area (Å²) in [7, 11) is 1.60. The van der Waals surface area contributed by atoms with Gasteiger partial charge in [-0.15, -0.1) is 0 Å². The SMILES string of the molecule is COc1ccc(/C=C2/C=C(c3ccc(F)cc3)OC2=O)cc1. The van der Waals surface area contributed by atoms with Crippen molar-refractivity contribution in [3.05, 3.63) is 77.1 Å². The molecule has 0 saturated carbocycles. The maximum absolute atomic E-state index is 12.9. The average Bonchev–Trinajstić information content (AvgIpc) is 2.90. The van der Waals surface area contributed by atoms with Crippen molar-refractivity contribution >= 4 is 17.8 Å². The number of halogens is 1. The van der Waals surface area contributed by atoms with E-state index in [4.69, 9.17) is 9.47 Å². The van der Waals surface area contributed by atoms with Crippen molar-refractivity contribution < 1.29 is 18.7 Å². The molecule has 0 aromatic heterocycles. The molecule has 0 spiro atoms. The molecular weight excluding hydrogens is 283 g/mol. The Hall–Kier alpha value is -2.88. The minimum absolute atomic E-state index is 0.331. The Morgan fingerprint density at radius 3 is 2.36 bits per heavy atom. The summed E-state index contributed by atoms with van der Waals surface area (Å²) in [5.41, 5.74) is 1.97. The van der Waals surface area contributed by atoms with E-state index in [1.807, 2.05) is 24.3 Å². The molecule has 1 aliphatic heterocycles. The van der Waals surface area contributed by atoms with Gasteiger partial charge >= 0.3 is 5.97 Å². The van der Waals surface area contributed by atoms with Crippen LogP contribution in [-0.2, 0) is 9.53 Å². The van der Waals surface area contributed by atoms with Gasteiger partial charge in [0.15, 0.2) is 0 Å². The number of esters is 1. The van der Waals surface area contributed by atoms with Crippen molar-refractivity contribution in [1.29, 1.82) is 0 Å². The first kappa shape index (κ1) is 14.1. The molecule has 0 fully saturated rings. The summed E-state index contributed by atoms with van der Waals surface area (Å²) in [5.74, 6) is 0.418. The fourth-order valence-corrected chi connectivity index (χ4v) is 2.13. The molecule has 22 heavy (non-hydrogen) atoms. The van der Waals surface area contributed by atoms with Crippen LogP contribution in [0.5, 0.6) is 5.75 Å². The molecule has 1 heterocycles. The summed E-state index contributed by atoms with van der Waals surface area (Å²) in [5, 5.41) is 0. The summed E-state index contributed by atoms with van der Waals surface area (Å²) in [6.45, 7) is 0. The highest BCUT2D eigenvalue weighted by atomic mass is 19.1. The quantitative estimate of drug-likeness (QED) is 0.638. The Labute approximate surface area is 127 Å². The van der Waals surface area contributed by atoms with Crippen LogP contribution >= 0.6 is 0 Å². The number of hydrogen-bond donors (Lipinski definition) is 0. The molecule has 0 unspecified atom stereocenters. The predicted octanol–water partition coefficient (Wildman–Crippen LogP) is 3.82. The second-order valence-corrected chi connectivity index (χ2v) is 4.78. The van der Waals surface area contributed by atoms with Gasteiger partial charge in [-0.1, -0.05) is 12.1 Å². The zero-order valence-corrected chi connectivity index (χ0v) is 11.9. The highest BCUT2D eigenvalue weighted by Crippen LogP contribution is 2.27. The van der Waals surface area contributed by atoms with Crippen LogP contribution in [0.3, 0.4) is 0 Å². The zero-order valence-electron chi connectivity index (χ0n) is 11.9. The van der Waals surface area contributed by atoms with E-state index in [-0.39, 0.29) is 5.82 Å². The predicted molar refractivity (Wildman–Crippen MR) is 81.4 cm³/mol. The number of methoxy groups -OCH3 is 1. The van der Waals surface area contributed by atoms with Gasteiger partial charge in [0.25, 0.3) is 0 Å². The van der Waals surface area contributed by atoms with E-state index in [0.717, 1.165) is 11.3 Å². The van der Waals surface area contributed by atoms with Crippen LogP contribution in [0.1, 0.15) is 11.1 Å². The van der Waals surface area contributed by atoms with Crippen molar-refractivity contribution in [2.45, 2.75) is 0 Å². The molecule has 4 heteroatoms. The van der Waals surface area contributed by atoms with Crippen molar-refractivity contribution in [3.8, 4) is 5.75 Å². The first-order valence-corrected chi connectivity index (χ1v) is 6.71. The normalized spacial score (nSPS) is 15.6. The van der Waals surface area contributed by atoms with Crippen molar-refractivity contribution in [1.82, 2.24) is 0 Å². The maximum atomic E-state index is 12.9. The van der Waals surface area contributed by atoms with Gasteiger partial charge in [0, 0.05) is 5.56 Å². The van der Waals surface area contributed by atoms with Crippen LogP contribution in [0.15, 0.2) is 60.2 Å². The third-order valence-electron chi connectivity index (χ3n) is 3.29. The third kappa shape index (κ3) is 2.91. The highest BCUT2D eigenvalue weighted by Gasteiger charge is 2.21. The van der Waals surface area contributed by atoms with E-state index in [2.05, 4.69) is 0 Å². The molecule has 0 radical (unpaired) electrons. The van der Waals surface area contributed by atoms with Gasteiger partial charge in [-0.25, -0.2) is 9.18 Å². The van der Waals surface area contributed by atoms with Crippen LogP contribution < -0.4 is 4.74 Å². The molecule has 110 valence electrons. The lowest BCUT2D eigenvalue weighted by Gasteiger charge is -2.01. The van der Waals surface area contributed by atoms with Gasteiger partial charge in [0.2, 0.25) is 0 Å². The molecule has 0 saturated heterocycles. The maximum Gasteiger partial charge on any atom is 0.343 e. The average molecular weight is 296 g/mol. The largest absolute Gasteiger partial charge is 0.497 e. The van der Waals surface area contributed by atoms with E-state index in [9.17, 15) is 9.18 Å². The second-order valence-electron chi connectivity index (χ2n) is 4.78. The molecule has 1 aliphatic rings. The molecular formula is C18H13FO3. The Morgan fingerprint density at radius 1 is 1.05 bits per heavy atom. The number of hydrogen-bond acceptors (Lipinski definition) is 3. The summed E-state index contributed by atoms with van der Waals surface area (Å²) < 4.78 is 23.2. The van der Waals surface area contributed by atoms with Gasteiger partial charge < -0.3 is 9.47 Å². The highest BCUT2D eigenvalue weighted by molar-refractivity contribution is 6.05. The van der Waals surface area contributed by atoms with Crippen molar-refractivity contribution in [2.24, 2.45) is 0 Å². The smallest absolute Gasteiger partial charge is 0.343 e. The number of ether oxygens (including phenoxy) is 2. The first-order valence-electron chi connectivity index (χ1n) is 6.71. The third-order valence-corrected chi connectivity index (χ3v) is 3.29. The minimum Gasteiger partial charge on any atom is -0.497 e. The number of carbonyl (C=O) groups excluding carboxylic acids is 1. The molecule has 0 atom stereocenters. The Balaban J connectivity index is 1.88. The molecule has 3 nitrogen and oxygen atoms in total. The van der Waals surface area contributed by atoms with Gasteiger partial charge in [-0.2, -0.15) is 0 Å².